The van der Waals surface area contributed by atoms with Crippen LogP contribution in [-0.4, -0.2) is 80.9 Å². The Hall–Kier alpha value is -0.490. The Morgan fingerprint density at radius 1 is 0.586 bits per heavy atom. The van der Waals surface area contributed by atoms with Crippen LogP contribution in [0.3, 0.4) is 0 Å². The van der Waals surface area contributed by atoms with Crippen molar-refractivity contribution in [2.45, 2.75) is 51.4 Å². The number of carboxylic acid groups (broad SMARTS) is 1. The summed E-state index contributed by atoms with van der Waals surface area (Å²) in [4.78, 5) is 21.7. The summed E-state index contributed by atoms with van der Waals surface area (Å²) >= 11 is 2.40. The molecule has 8 nitrogen and oxygen atoms in total. The highest BCUT2D eigenvalue weighted by Gasteiger charge is 2.04. The molecular formula is C20H37IO8. The van der Waals surface area contributed by atoms with E-state index in [4.69, 9.17) is 28.8 Å². The first-order valence-corrected chi connectivity index (χ1v) is 11.9. The van der Waals surface area contributed by atoms with Crippen molar-refractivity contribution in [1.29, 1.82) is 0 Å². The number of hydrogen-bond acceptors (Lipinski definition) is 7. The molecule has 0 heterocycles. The Bertz CT molecular complexity index is 381. The highest BCUT2D eigenvalue weighted by molar-refractivity contribution is 14.1. The highest BCUT2D eigenvalue weighted by atomic mass is 127. The van der Waals surface area contributed by atoms with Crippen molar-refractivity contribution in [2.24, 2.45) is 0 Å². The minimum atomic E-state index is -0.849. The molecule has 9 heteroatoms. The van der Waals surface area contributed by atoms with Gasteiger partial charge in [0, 0.05) is 19.4 Å². The van der Waals surface area contributed by atoms with Crippen LogP contribution in [0.15, 0.2) is 0 Å². The lowest BCUT2D eigenvalue weighted by Crippen LogP contribution is -2.14. The van der Waals surface area contributed by atoms with Gasteiger partial charge in [-0.3, -0.25) is 9.59 Å². The number of alkyl halides is 1. The van der Waals surface area contributed by atoms with Gasteiger partial charge in [-0.2, -0.15) is 0 Å². The number of hydrogen-bond donors (Lipinski definition) is 1. The summed E-state index contributed by atoms with van der Waals surface area (Å²) in [5.74, 6) is -1.18. The highest BCUT2D eigenvalue weighted by Crippen LogP contribution is 2.02. The van der Waals surface area contributed by atoms with Gasteiger partial charge in [0.25, 0.3) is 0 Å². The smallest absolute Gasteiger partial charge is 0.305 e. The summed E-state index contributed by atoms with van der Waals surface area (Å²) < 4.78 is 27.8. The molecule has 0 aromatic carbocycles. The average Bonchev–Trinajstić information content (AvgIpc) is 2.70. The third-order valence-electron chi connectivity index (χ3n) is 3.80. The second kappa shape index (κ2) is 23.8. The molecule has 0 aromatic rings. The molecule has 0 radical (unpaired) electrons. The topological polar surface area (TPSA) is 101 Å². The molecule has 0 rings (SSSR count). The van der Waals surface area contributed by atoms with Gasteiger partial charge in [-0.25, -0.2) is 0 Å². The molecule has 0 saturated heterocycles. The van der Waals surface area contributed by atoms with Crippen LogP contribution in [0.2, 0.25) is 0 Å². The Balaban J connectivity index is 3.11. The van der Waals surface area contributed by atoms with Crippen LogP contribution in [0.5, 0.6) is 0 Å². The lowest BCUT2D eigenvalue weighted by molar-refractivity contribution is -0.146. The maximum Gasteiger partial charge on any atom is 0.305 e. The molecule has 172 valence electrons. The van der Waals surface area contributed by atoms with Crippen molar-refractivity contribution in [3.8, 4) is 0 Å². The number of unbranched alkanes of at least 4 members (excludes halogenated alkanes) is 4. The molecule has 0 aliphatic carbocycles. The molecule has 0 aliphatic heterocycles. The van der Waals surface area contributed by atoms with Crippen molar-refractivity contribution in [2.75, 3.05) is 63.9 Å². The van der Waals surface area contributed by atoms with E-state index in [0.717, 1.165) is 13.0 Å². The zero-order valence-electron chi connectivity index (χ0n) is 17.4. The van der Waals surface area contributed by atoms with Crippen molar-refractivity contribution in [1.82, 2.24) is 0 Å². The quantitative estimate of drug-likeness (QED) is 0.0927. The van der Waals surface area contributed by atoms with Crippen molar-refractivity contribution in [3.63, 3.8) is 0 Å². The number of esters is 1. The first kappa shape index (κ1) is 28.5. The van der Waals surface area contributed by atoms with Crippen LogP contribution in [0.1, 0.15) is 51.4 Å². The number of ether oxygens (including phenoxy) is 5. The molecule has 0 spiro atoms. The van der Waals surface area contributed by atoms with Gasteiger partial charge in [0.05, 0.1) is 46.2 Å². The first-order valence-electron chi connectivity index (χ1n) is 10.4. The summed E-state index contributed by atoms with van der Waals surface area (Å²) in [6, 6.07) is 0. The third kappa shape index (κ3) is 25.5. The molecule has 0 atom stereocenters. The van der Waals surface area contributed by atoms with Gasteiger partial charge in [-0.15, -0.1) is 0 Å². The minimum absolute atomic E-state index is 0.0776. The summed E-state index contributed by atoms with van der Waals surface area (Å²) in [6.45, 7) is 4.43. The van der Waals surface area contributed by atoms with Crippen molar-refractivity contribution in [3.05, 3.63) is 0 Å². The summed E-state index contributed by atoms with van der Waals surface area (Å²) in [6.07, 6.45) is 6.24. The Morgan fingerprint density at radius 2 is 1.07 bits per heavy atom. The summed E-state index contributed by atoms with van der Waals surface area (Å²) in [7, 11) is 0. The van der Waals surface area contributed by atoms with E-state index in [1.165, 1.54) is 23.7 Å². The van der Waals surface area contributed by atoms with E-state index < -0.39 is 5.97 Å². The monoisotopic (exact) mass is 532 g/mol. The number of aliphatic carboxylic acids is 1. The molecule has 0 amide bonds. The molecule has 0 saturated carbocycles. The van der Waals surface area contributed by atoms with Gasteiger partial charge < -0.3 is 28.8 Å². The number of carbonyl (C=O) groups excluding carboxylic acids is 1. The normalized spacial score (nSPS) is 10.9. The van der Waals surface area contributed by atoms with Crippen LogP contribution in [0.4, 0.5) is 0 Å². The summed E-state index contributed by atoms with van der Waals surface area (Å²) in [5, 5.41) is 8.50. The zero-order chi connectivity index (χ0) is 21.4. The molecule has 29 heavy (non-hydrogen) atoms. The standard InChI is InChI=1S/C20H37IO8/c21-9-5-1-2-6-10-25-11-12-26-13-14-27-15-16-28-17-18-29-20(24)8-4-3-7-19(22)23/h1-18H2,(H,22,23). The number of carboxylic acids is 1. The number of rotatable bonds is 23. The predicted octanol–water partition coefficient (Wildman–Crippen LogP) is 3.24. The van der Waals surface area contributed by atoms with Gasteiger partial charge >= 0.3 is 11.9 Å². The molecule has 0 aliphatic rings. The van der Waals surface area contributed by atoms with E-state index in [-0.39, 0.29) is 25.4 Å². The van der Waals surface area contributed by atoms with E-state index in [9.17, 15) is 9.59 Å². The zero-order valence-corrected chi connectivity index (χ0v) is 19.6. The molecule has 1 N–H and O–H groups in total. The van der Waals surface area contributed by atoms with Crippen LogP contribution < -0.4 is 0 Å². The van der Waals surface area contributed by atoms with Gasteiger partial charge in [-0.05, 0) is 30.1 Å². The van der Waals surface area contributed by atoms with Crippen LogP contribution >= 0.6 is 22.6 Å². The molecule has 0 aromatic heterocycles. The van der Waals surface area contributed by atoms with E-state index in [2.05, 4.69) is 22.6 Å². The molecule has 0 fully saturated rings. The van der Waals surface area contributed by atoms with E-state index >= 15 is 0 Å². The van der Waals surface area contributed by atoms with Crippen LogP contribution in [0.25, 0.3) is 0 Å². The first-order chi connectivity index (χ1) is 14.2. The molecular weight excluding hydrogens is 495 g/mol. The summed E-state index contributed by atoms with van der Waals surface area (Å²) in [5.41, 5.74) is 0. The van der Waals surface area contributed by atoms with Crippen LogP contribution in [0, 0.1) is 0 Å². The number of carbonyl (C=O) groups is 2. The maximum absolute atomic E-state index is 11.4. The Labute approximate surface area is 188 Å². The molecule has 0 unspecified atom stereocenters. The Morgan fingerprint density at radius 3 is 1.62 bits per heavy atom. The lowest BCUT2D eigenvalue weighted by atomic mass is 10.2. The van der Waals surface area contributed by atoms with Crippen LogP contribution in [-0.2, 0) is 33.3 Å². The fourth-order valence-electron chi connectivity index (χ4n) is 2.25. The van der Waals surface area contributed by atoms with E-state index in [1.54, 1.807) is 0 Å². The SMILES string of the molecule is O=C(O)CCCCC(=O)OCCOCCOCCOCCOCCCCCCI. The number of halogens is 1. The maximum atomic E-state index is 11.4. The second-order valence-corrected chi connectivity index (χ2v) is 7.45. The van der Waals surface area contributed by atoms with Gasteiger partial charge in [-0.1, -0.05) is 35.4 Å². The van der Waals surface area contributed by atoms with Gasteiger partial charge in [0.15, 0.2) is 0 Å². The van der Waals surface area contributed by atoms with Gasteiger partial charge in [0.1, 0.15) is 6.61 Å². The fourth-order valence-corrected chi connectivity index (χ4v) is 2.79. The van der Waals surface area contributed by atoms with Crippen molar-refractivity contribution >= 4 is 34.5 Å². The predicted molar refractivity (Wildman–Crippen MR) is 118 cm³/mol. The average molecular weight is 532 g/mol. The Kier molecular flexibility index (Phi) is 23.4. The van der Waals surface area contributed by atoms with Crippen molar-refractivity contribution < 1.29 is 38.4 Å². The third-order valence-corrected chi connectivity index (χ3v) is 4.56. The lowest BCUT2D eigenvalue weighted by Gasteiger charge is -2.08. The van der Waals surface area contributed by atoms with E-state index in [1.807, 2.05) is 0 Å². The van der Waals surface area contributed by atoms with E-state index in [0.29, 0.717) is 59.1 Å². The minimum Gasteiger partial charge on any atom is -0.481 e. The second-order valence-electron chi connectivity index (χ2n) is 6.37. The fraction of sp³-hybridized carbons (Fsp3) is 0.900. The van der Waals surface area contributed by atoms with Gasteiger partial charge in [0.2, 0.25) is 0 Å². The largest absolute Gasteiger partial charge is 0.481 e. The molecule has 0 bridgehead atoms.